The smallest absolute Gasteiger partial charge is 0.281 e. The SMILES string of the molecule is CCC(C)c1nc(=O)c2c(Br)cccc2n1-c1ccc(C2CCN(CCOC)CC2)cc1C. The molecule has 1 saturated heterocycles. The molecule has 0 radical (unpaired) electrons. The summed E-state index contributed by atoms with van der Waals surface area (Å²) in [5.74, 6) is 1.59. The molecule has 2 aromatic carbocycles. The number of ether oxygens (including phenoxy) is 1. The van der Waals surface area contributed by atoms with Crippen molar-refractivity contribution >= 4 is 26.8 Å². The molecular weight excluding hydrogens is 478 g/mol. The second-order valence-corrected chi connectivity index (χ2v) is 10.1. The van der Waals surface area contributed by atoms with Gasteiger partial charge in [-0.15, -0.1) is 0 Å². The second-order valence-electron chi connectivity index (χ2n) is 9.21. The van der Waals surface area contributed by atoms with Crippen LogP contribution >= 0.6 is 15.9 Å². The van der Waals surface area contributed by atoms with Gasteiger partial charge in [0.15, 0.2) is 0 Å². The lowest BCUT2D eigenvalue weighted by molar-refractivity contribution is 0.130. The lowest BCUT2D eigenvalue weighted by Crippen LogP contribution is -2.35. The topological polar surface area (TPSA) is 47.4 Å². The summed E-state index contributed by atoms with van der Waals surface area (Å²) in [6, 6.07) is 12.8. The van der Waals surface area contributed by atoms with Crippen LogP contribution in [0.15, 0.2) is 45.7 Å². The van der Waals surface area contributed by atoms with E-state index in [0.29, 0.717) is 11.3 Å². The van der Waals surface area contributed by atoms with Crippen LogP contribution in [0.4, 0.5) is 0 Å². The van der Waals surface area contributed by atoms with Crippen LogP contribution in [-0.2, 0) is 4.74 Å². The summed E-state index contributed by atoms with van der Waals surface area (Å²) in [5.41, 5.74) is 4.46. The monoisotopic (exact) mass is 511 g/mol. The van der Waals surface area contributed by atoms with E-state index in [4.69, 9.17) is 4.74 Å². The number of nitrogens with zero attached hydrogens (tertiary/aromatic N) is 3. The van der Waals surface area contributed by atoms with Gasteiger partial charge in [-0.05, 0) is 90.4 Å². The van der Waals surface area contributed by atoms with Crippen LogP contribution in [0.1, 0.15) is 61.9 Å². The molecule has 0 N–H and O–H groups in total. The molecule has 1 unspecified atom stereocenters. The van der Waals surface area contributed by atoms with Crippen LogP contribution in [0, 0.1) is 6.92 Å². The largest absolute Gasteiger partial charge is 0.383 e. The molecule has 176 valence electrons. The van der Waals surface area contributed by atoms with Gasteiger partial charge in [0.25, 0.3) is 5.56 Å². The van der Waals surface area contributed by atoms with Crippen molar-refractivity contribution < 1.29 is 4.74 Å². The van der Waals surface area contributed by atoms with Crippen molar-refractivity contribution in [1.29, 1.82) is 0 Å². The molecular formula is C27H34BrN3O2. The number of aryl methyl sites for hydroxylation is 1. The minimum Gasteiger partial charge on any atom is -0.383 e. The van der Waals surface area contributed by atoms with Gasteiger partial charge >= 0.3 is 0 Å². The van der Waals surface area contributed by atoms with E-state index in [9.17, 15) is 4.79 Å². The highest BCUT2D eigenvalue weighted by molar-refractivity contribution is 9.10. The normalized spacial score (nSPS) is 16.4. The molecule has 2 heterocycles. The Hall–Kier alpha value is -2.02. The molecule has 0 spiro atoms. The van der Waals surface area contributed by atoms with Crippen molar-refractivity contribution in [3.63, 3.8) is 0 Å². The fraction of sp³-hybridized carbons (Fsp3) is 0.481. The molecule has 1 fully saturated rings. The van der Waals surface area contributed by atoms with E-state index in [1.807, 2.05) is 18.2 Å². The summed E-state index contributed by atoms with van der Waals surface area (Å²) < 4.78 is 8.22. The van der Waals surface area contributed by atoms with Crippen LogP contribution in [0.25, 0.3) is 16.6 Å². The number of hydrogen-bond donors (Lipinski definition) is 0. The van der Waals surface area contributed by atoms with Crippen molar-refractivity contribution in [2.45, 2.75) is 51.9 Å². The first kappa shape index (κ1) is 24.1. The van der Waals surface area contributed by atoms with Gasteiger partial charge in [0.05, 0.1) is 23.2 Å². The molecule has 1 aliphatic heterocycles. The predicted octanol–water partition coefficient (Wildman–Crippen LogP) is 5.80. The average Bonchev–Trinajstić information content (AvgIpc) is 2.82. The van der Waals surface area contributed by atoms with Gasteiger partial charge < -0.3 is 9.64 Å². The maximum absolute atomic E-state index is 12.9. The second kappa shape index (κ2) is 10.5. The Balaban J connectivity index is 1.73. The van der Waals surface area contributed by atoms with Crippen molar-refractivity contribution in [3.05, 3.63) is 68.2 Å². The standard InChI is InChI=1S/C27H34BrN3O2/c1-5-18(2)26-29-27(32)25-22(28)7-6-8-24(25)31(26)23-10-9-21(17-19(23)3)20-11-13-30(14-12-20)15-16-33-4/h6-10,17-18,20H,5,11-16H2,1-4H3. The van der Waals surface area contributed by atoms with Crippen LogP contribution in [0.2, 0.25) is 0 Å². The first-order valence-electron chi connectivity index (χ1n) is 12.0. The average molecular weight is 512 g/mol. The van der Waals surface area contributed by atoms with Gasteiger partial charge in [0.1, 0.15) is 5.82 Å². The molecule has 6 heteroatoms. The van der Waals surface area contributed by atoms with Crippen molar-refractivity contribution in [2.24, 2.45) is 0 Å². The molecule has 33 heavy (non-hydrogen) atoms. The summed E-state index contributed by atoms with van der Waals surface area (Å²) in [6.07, 6.45) is 3.27. The minimum atomic E-state index is -0.168. The lowest BCUT2D eigenvalue weighted by Gasteiger charge is -2.32. The molecule has 0 saturated carbocycles. The Morgan fingerprint density at radius 1 is 1.21 bits per heavy atom. The zero-order valence-corrected chi connectivity index (χ0v) is 21.7. The fourth-order valence-corrected chi connectivity index (χ4v) is 5.43. The highest BCUT2D eigenvalue weighted by atomic mass is 79.9. The molecule has 0 bridgehead atoms. The summed E-state index contributed by atoms with van der Waals surface area (Å²) in [7, 11) is 1.77. The predicted molar refractivity (Wildman–Crippen MR) is 139 cm³/mol. The Morgan fingerprint density at radius 3 is 2.64 bits per heavy atom. The summed E-state index contributed by atoms with van der Waals surface area (Å²) in [6.45, 7) is 10.5. The summed E-state index contributed by atoms with van der Waals surface area (Å²) >= 11 is 3.57. The summed E-state index contributed by atoms with van der Waals surface area (Å²) in [4.78, 5) is 19.9. The fourth-order valence-electron chi connectivity index (χ4n) is 4.90. The van der Waals surface area contributed by atoms with E-state index in [1.54, 1.807) is 7.11 Å². The van der Waals surface area contributed by atoms with Gasteiger partial charge in [-0.25, -0.2) is 0 Å². The van der Waals surface area contributed by atoms with E-state index in [1.165, 1.54) is 24.0 Å². The van der Waals surface area contributed by atoms with Crippen LogP contribution < -0.4 is 5.56 Å². The third kappa shape index (κ3) is 4.93. The molecule has 0 amide bonds. The summed E-state index contributed by atoms with van der Waals surface area (Å²) in [5, 5.41) is 0.636. The maximum atomic E-state index is 12.9. The molecule has 4 rings (SSSR count). The highest BCUT2D eigenvalue weighted by Crippen LogP contribution is 2.33. The Morgan fingerprint density at radius 2 is 1.97 bits per heavy atom. The number of rotatable bonds is 7. The third-order valence-corrected chi connectivity index (χ3v) is 7.74. The molecule has 3 aromatic rings. The van der Waals surface area contributed by atoms with Crippen molar-refractivity contribution in [3.8, 4) is 5.69 Å². The number of halogens is 1. The molecule has 5 nitrogen and oxygen atoms in total. The quantitative estimate of drug-likeness (QED) is 0.402. The van der Waals surface area contributed by atoms with Crippen molar-refractivity contribution in [1.82, 2.24) is 14.5 Å². The first-order valence-corrected chi connectivity index (χ1v) is 12.8. The van der Waals surface area contributed by atoms with Crippen LogP contribution in [0.5, 0.6) is 0 Å². The van der Waals surface area contributed by atoms with Crippen molar-refractivity contribution in [2.75, 3.05) is 33.4 Å². The van der Waals surface area contributed by atoms with Gasteiger partial charge in [-0.2, -0.15) is 4.98 Å². The molecule has 1 aromatic heterocycles. The number of aromatic nitrogens is 2. The Bertz CT molecular complexity index is 1180. The van der Waals surface area contributed by atoms with E-state index in [-0.39, 0.29) is 11.5 Å². The van der Waals surface area contributed by atoms with Gasteiger partial charge in [-0.1, -0.05) is 32.0 Å². The van der Waals surface area contributed by atoms with Crippen LogP contribution in [-0.4, -0.2) is 47.8 Å². The number of likely N-dealkylation sites (tertiary alicyclic amines) is 1. The first-order chi connectivity index (χ1) is 15.9. The molecule has 0 aliphatic carbocycles. The number of hydrogen-bond acceptors (Lipinski definition) is 4. The van der Waals surface area contributed by atoms with Gasteiger partial charge in [0.2, 0.25) is 0 Å². The maximum Gasteiger partial charge on any atom is 0.281 e. The Labute approximate surface area is 204 Å². The van der Waals surface area contributed by atoms with E-state index >= 15 is 0 Å². The number of benzene rings is 2. The zero-order chi connectivity index (χ0) is 23.5. The Kier molecular flexibility index (Phi) is 7.67. The van der Waals surface area contributed by atoms with E-state index in [2.05, 4.69) is 69.4 Å². The van der Waals surface area contributed by atoms with Gasteiger partial charge in [-0.3, -0.25) is 9.36 Å². The lowest BCUT2D eigenvalue weighted by atomic mass is 9.88. The highest BCUT2D eigenvalue weighted by Gasteiger charge is 2.23. The zero-order valence-electron chi connectivity index (χ0n) is 20.1. The molecule has 1 aliphatic rings. The number of methoxy groups -OCH3 is 1. The van der Waals surface area contributed by atoms with E-state index < -0.39 is 0 Å². The van der Waals surface area contributed by atoms with Gasteiger partial charge in [0, 0.05) is 24.0 Å². The number of fused-ring (bicyclic) bond motifs is 1. The number of piperidine rings is 1. The molecule has 1 atom stereocenters. The van der Waals surface area contributed by atoms with E-state index in [0.717, 1.165) is 54.2 Å². The third-order valence-electron chi connectivity index (χ3n) is 7.08. The minimum absolute atomic E-state index is 0.168. The van der Waals surface area contributed by atoms with Crippen LogP contribution in [0.3, 0.4) is 0 Å².